The molecule has 0 radical (unpaired) electrons. The van der Waals surface area contributed by atoms with Crippen molar-refractivity contribution >= 4 is 11.7 Å². The Bertz CT molecular complexity index is 1090. The van der Waals surface area contributed by atoms with Gasteiger partial charge in [0.2, 0.25) is 5.91 Å². The predicted octanol–water partition coefficient (Wildman–Crippen LogP) is 2.58. The fraction of sp³-hybridized carbons (Fsp3) is 0.304. The number of morpholine rings is 1. The summed E-state index contributed by atoms with van der Waals surface area (Å²) in [4.78, 5) is 27.5. The number of methoxy groups -OCH3 is 1. The Labute approximate surface area is 181 Å². The molecule has 2 aromatic heterocycles. The first kappa shape index (κ1) is 20.7. The number of pyridine rings is 1. The largest absolute Gasteiger partial charge is 0.496 e. The second-order valence-electron chi connectivity index (χ2n) is 7.47. The van der Waals surface area contributed by atoms with Crippen LogP contribution in [0.15, 0.2) is 49.1 Å². The molecule has 1 atom stereocenters. The molecule has 1 saturated heterocycles. The molecule has 4 rings (SSSR count). The number of nitrogens with zero attached hydrogens (tertiary/aromatic N) is 4. The third-order valence-electron chi connectivity index (χ3n) is 5.37. The molecule has 0 aliphatic carbocycles. The highest BCUT2D eigenvalue weighted by Gasteiger charge is 2.28. The second-order valence-corrected chi connectivity index (χ2v) is 7.47. The summed E-state index contributed by atoms with van der Waals surface area (Å²) in [6.45, 7) is 3.39. The van der Waals surface area contributed by atoms with Crippen LogP contribution in [0, 0.1) is 6.92 Å². The van der Waals surface area contributed by atoms with Crippen molar-refractivity contribution in [2.75, 3.05) is 32.5 Å². The lowest BCUT2D eigenvalue weighted by molar-refractivity contribution is -0.138. The summed E-state index contributed by atoms with van der Waals surface area (Å²) in [7, 11) is 1.64. The smallest absolute Gasteiger partial charge is 0.227 e. The molecule has 0 spiro atoms. The van der Waals surface area contributed by atoms with Gasteiger partial charge in [-0.1, -0.05) is 12.1 Å². The highest BCUT2D eigenvalue weighted by atomic mass is 16.5. The third-order valence-corrected chi connectivity index (χ3v) is 5.37. The molecule has 1 fully saturated rings. The van der Waals surface area contributed by atoms with E-state index in [0.29, 0.717) is 31.9 Å². The fourth-order valence-electron chi connectivity index (χ4n) is 3.81. The number of ether oxygens (including phenoxy) is 2. The number of carbonyl (C=O) groups excluding carboxylic acids is 1. The van der Waals surface area contributed by atoms with Crippen LogP contribution in [0.4, 0.5) is 5.82 Å². The summed E-state index contributed by atoms with van der Waals surface area (Å²) in [5.74, 6) is 1.29. The summed E-state index contributed by atoms with van der Waals surface area (Å²) in [5.41, 5.74) is 10.2. The van der Waals surface area contributed by atoms with E-state index in [1.807, 2.05) is 36.1 Å². The van der Waals surface area contributed by atoms with Crippen LogP contribution < -0.4 is 10.5 Å². The van der Waals surface area contributed by atoms with Gasteiger partial charge < -0.3 is 20.1 Å². The predicted molar refractivity (Wildman–Crippen MR) is 116 cm³/mol. The molecule has 1 amide bonds. The Morgan fingerprint density at radius 2 is 2.16 bits per heavy atom. The van der Waals surface area contributed by atoms with Gasteiger partial charge in [0.15, 0.2) is 0 Å². The van der Waals surface area contributed by atoms with E-state index in [1.165, 1.54) is 6.33 Å². The molecule has 160 valence electrons. The van der Waals surface area contributed by atoms with E-state index in [1.54, 1.807) is 25.6 Å². The van der Waals surface area contributed by atoms with Gasteiger partial charge in [-0.15, -0.1) is 0 Å². The minimum Gasteiger partial charge on any atom is -0.496 e. The number of rotatable bonds is 5. The van der Waals surface area contributed by atoms with Gasteiger partial charge in [0.25, 0.3) is 0 Å². The summed E-state index contributed by atoms with van der Waals surface area (Å²) in [6, 6.07) is 9.45. The zero-order chi connectivity index (χ0) is 21.8. The van der Waals surface area contributed by atoms with Crippen molar-refractivity contribution in [2.45, 2.75) is 19.4 Å². The highest BCUT2D eigenvalue weighted by molar-refractivity contribution is 5.79. The summed E-state index contributed by atoms with van der Waals surface area (Å²) in [5, 5.41) is 0. The molecule has 1 aromatic carbocycles. The van der Waals surface area contributed by atoms with E-state index in [0.717, 1.165) is 33.7 Å². The third kappa shape index (κ3) is 4.64. The van der Waals surface area contributed by atoms with Crippen molar-refractivity contribution in [3.05, 3.63) is 65.9 Å². The molecule has 2 N–H and O–H groups in total. The van der Waals surface area contributed by atoms with E-state index in [4.69, 9.17) is 15.2 Å². The van der Waals surface area contributed by atoms with E-state index < -0.39 is 0 Å². The molecule has 8 nitrogen and oxygen atoms in total. The van der Waals surface area contributed by atoms with Gasteiger partial charge in [0, 0.05) is 24.5 Å². The first-order valence-electron chi connectivity index (χ1n) is 10.1. The number of anilines is 1. The van der Waals surface area contributed by atoms with Crippen LogP contribution in [-0.2, 0) is 16.0 Å². The lowest BCUT2D eigenvalue weighted by atomic mass is 10.0. The van der Waals surface area contributed by atoms with Gasteiger partial charge in [-0.2, -0.15) is 0 Å². The molecule has 0 bridgehead atoms. The zero-order valence-electron chi connectivity index (χ0n) is 17.6. The molecular formula is C23H25N5O3. The van der Waals surface area contributed by atoms with E-state index in [-0.39, 0.29) is 12.0 Å². The average molecular weight is 419 g/mol. The lowest BCUT2D eigenvalue weighted by Gasteiger charge is -2.33. The number of nitrogen functional groups attached to an aromatic ring is 1. The molecule has 1 aliphatic heterocycles. The first-order valence-corrected chi connectivity index (χ1v) is 10.1. The van der Waals surface area contributed by atoms with E-state index in [2.05, 4.69) is 15.0 Å². The van der Waals surface area contributed by atoms with E-state index >= 15 is 0 Å². The summed E-state index contributed by atoms with van der Waals surface area (Å²) < 4.78 is 11.3. The number of amides is 1. The normalized spacial score (nSPS) is 16.2. The number of carbonyl (C=O) groups is 1. The quantitative estimate of drug-likeness (QED) is 0.678. The van der Waals surface area contributed by atoms with Crippen LogP contribution in [0.1, 0.15) is 22.9 Å². The van der Waals surface area contributed by atoms with Gasteiger partial charge in [-0.3, -0.25) is 4.79 Å². The minimum absolute atomic E-state index is 0.0571. The number of aromatic nitrogens is 3. The number of benzene rings is 1. The molecule has 0 saturated carbocycles. The minimum atomic E-state index is -0.345. The molecule has 3 aromatic rings. The van der Waals surface area contributed by atoms with Gasteiger partial charge in [0.05, 0.1) is 32.4 Å². The average Bonchev–Trinajstić information content (AvgIpc) is 2.79. The van der Waals surface area contributed by atoms with Crippen LogP contribution in [-0.4, -0.2) is 52.6 Å². The summed E-state index contributed by atoms with van der Waals surface area (Å²) in [6.07, 6.45) is 4.86. The number of hydrogen-bond donors (Lipinski definition) is 1. The Hall–Kier alpha value is -3.52. The summed E-state index contributed by atoms with van der Waals surface area (Å²) >= 11 is 0. The monoisotopic (exact) mass is 419 g/mol. The van der Waals surface area contributed by atoms with Crippen molar-refractivity contribution in [1.29, 1.82) is 0 Å². The van der Waals surface area contributed by atoms with Crippen molar-refractivity contribution < 1.29 is 14.3 Å². The molecule has 0 unspecified atom stereocenters. The lowest BCUT2D eigenvalue weighted by Crippen LogP contribution is -2.43. The number of hydrogen-bond acceptors (Lipinski definition) is 7. The van der Waals surface area contributed by atoms with Crippen LogP contribution in [0.2, 0.25) is 0 Å². The van der Waals surface area contributed by atoms with Gasteiger partial charge in [-0.05, 0) is 41.8 Å². The Balaban J connectivity index is 1.52. The number of aryl methyl sites for hydroxylation is 1. The molecule has 1 aliphatic rings. The molecule has 8 heteroatoms. The number of nitrogens with two attached hydrogens (primary N) is 1. The van der Waals surface area contributed by atoms with Crippen LogP contribution in [0.3, 0.4) is 0 Å². The van der Waals surface area contributed by atoms with Gasteiger partial charge in [-0.25, -0.2) is 15.0 Å². The molecule has 3 heterocycles. The Kier molecular flexibility index (Phi) is 6.08. The highest BCUT2D eigenvalue weighted by Crippen LogP contribution is 2.30. The molecule has 31 heavy (non-hydrogen) atoms. The van der Waals surface area contributed by atoms with Crippen molar-refractivity contribution in [3.8, 4) is 16.9 Å². The first-order chi connectivity index (χ1) is 15.0. The Morgan fingerprint density at radius 3 is 2.94 bits per heavy atom. The Morgan fingerprint density at radius 1 is 1.29 bits per heavy atom. The van der Waals surface area contributed by atoms with Crippen LogP contribution in [0.25, 0.3) is 11.1 Å². The van der Waals surface area contributed by atoms with E-state index in [9.17, 15) is 4.79 Å². The standard InChI is InChI=1S/C23H25N5O3/c1-15-9-16(3-4-19(15)30-2)10-22(29)28-7-8-31-20(13-28)23-18(12-25-14-27-23)17-5-6-26-21(24)11-17/h3-6,9,11-12,14,20H,7-8,10,13H2,1-2H3,(H2,24,26)/t20-/m1/s1. The van der Waals surface area contributed by atoms with Crippen LogP contribution in [0.5, 0.6) is 5.75 Å². The van der Waals surface area contributed by atoms with Crippen LogP contribution >= 0.6 is 0 Å². The van der Waals surface area contributed by atoms with Gasteiger partial charge >= 0.3 is 0 Å². The second kappa shape index (κ2) is 9.09. The van der Waals surface area contributed by atoms with Crippen molar-refractivity contribution in [2.24, 2.45) is 0 Å². The molecular weight excluding hydrogens is 394 g/mol. The maximum absolute atomic E-state index is 13.0. The zero-order valence-corrected chi connectivity index (χ0v) is 17.6. The maximum atomic E-state index is 13.0. The fourth-order valence-corrected chi connectivity index (χ4v) is 3.81. The SMILES string of the molecule is COc1ccc(CC(=O)N2CCO[C@@H](c3ncncc3-c3ccnc(N)c3)C2)cc1C. The van der Waals surface area contributed by atoms with Crippen molar-refractivity contribution in [1.82, 2.24) is 19.9 Å². The van der Waals surface area contributed by atoms with Crippen molar-refractivity contribution in [3.63, 3.8) is 0 Å². The topological polar surface area (TPSA) is 103 Å². The maximum Gasteiger partial charge on any atom is 0.227 e. The van der Waals surface area contributed by atoms with Gasteiger partial charge in [0.1, 0.15) is 24.0 Å².